The van der Waals surface area contributed by atoms with Crippen LogP contribution in [0.15, 0.2) is 23.1 Å². The molecule has 0 amide bonds. The van der Waals surface area contributed by atoms with E-state index in [9.17, 15) is 0 Å². The fourth-order valence-corrected chi connectivity index (χ4v) is 3.74. The Kier molecular flexibility index (Phi) is 4.06. The number of hydrogen-bond acceptors (Lipinski definition) is 2. The molecule has 2 rings (SSSR count). The van der Waals surface area contributed by atoms with Gasteiger partial charge in [-0.1, -0.05) is 19.1 Å². The van der Waals surface area contributed by atoms with E-state index in [0.717, 1.165) is 0 Å². The van der Waals surface area contributed by atoms with Crippen molar-refractivity contribution in [3.63, 3.8) is 0 Å². The molecular weight excluding hydrogens is 250 g/mol. The van der Waals surface area contributed by atoms with Crippen molar-refractivity contribution in [2.75, 3.05) is 18.7 Å². The molecule has 1 nitrogen and oxygen atoms in total. The number of hydrogen-bond donors (Lipinski definition) is 1. The summed E-state index contributed by atoms with van der Waals surface area (Å²) < 4.78 is 0. The average Bonchev–Trinajstić information content (AvgIpc) is 2.83. The van der Waals surface area contributed by atoms with Crippen molar-refractivity contribution in [3.8, 4) is 0 Å². The van der Waals surface area contributed by atoms with Crippen LogP contribution in [0.5, 0.6) is 0 Å². The molecule has 0 aliphatic carbocycles. The second-order valence-corrected chi connectivity index (χ2v) is 6.39. The number of thioether (sulfide) groups is 1. The predicted molar refractivity (Wildman–Crippen MR) is 77.5 cm³/mol. The normalized spacial score (nSPS) is 19.8. The van der Waals surface area contributed by atoms with Gasteiger partial charge in [-0.2, -0.15) is 0 Å². The molecule has 1 N–H and O–H groups in total. The first-order valence-electron chi connectivity index (χ1n) is 6.11. The molecule has 1 aliphatic heterocycles. The van der Waals surface area contributed by atoms with Crippen LogP contribution in [0.1, 0.15) is 25.0 Å². The Morgan fingerprint density at radius 1 is 1.53 bits per heavy atom. The Balaban J connectivity index is 2.37. The van der Waals surface area contributed by atoms with Gasteiger partial charge in [0.15, 0.2) is 0 Å². The van der Waals surface area contributed by atoms with E-state index in [1.807, 2.05) is 18.8 Å². The van der Waals surface area contributed by atoms with Gasteiger partial charge in [-0.3, -0.25) is 0 Å². The summed E-state index contributed by atoms with van der Waals surface area (Å²) in [6.07, 6.45) is 1.19. The van der Waals surface area contributed by atoms with Crippen LogP contribution < -0.4 is 5.32 Å². The van der Waals surface area contributed by atoms with Gasteiger partial charge in [0.1, 0.15) is 0 Å². The Morgan fingerprint density at radius 2 is 2.29 bits per heavy atom. The van der Waals surface area contributed by atoms with E-state index in [4.69, 9.17) is 11.6 Å². The van der Waals surface area contributed by atoms with Gasteiger partial charge in [-0.25, -0.2) is 0 Å². The third-order valence-corrected chi connectivity index (χ3v) is 5.69. The second-order valence-electron chi connectivity index (χ2n) is 4.98. The van der Waals surface area contributed by atoms with E-state index in [2.05, 4.69) is 37.4 Å². The highest BCUT2D eigenvalue weighted by atomic mass is 35.5. The van der Waals surface area contributed by atoms with Gasteiger partial charge >= 0.3 is 0 Å². The van der Waals surface area contributed by atoms with Gasteiger partial charge < -0.3 is 5.32 Å². The number of halogens is 1. The SMILES string of the molecule is CNC(C)C(C)(CCl)c1ccc2c(c1)CCS2. The smallest absolute Gasteiger partial charge is 0.0332 e. The highest BCUT2D eigenvalue weighted by Gasteiger charge is 2.32. The van der Waals surface area contributed by atoms with Gasteiger partial charge in [-0.15, -0.1) is 23.4 Å². The lowest BCUT2D eigenvalue weighted by Crippen LogP contribution is -2.44. The lowest BCUT2D eigenvalue weighted by Gasteiger charge is -2.34. The molecule has 94 valence electrons. The van der Waals surface area contributed by atoms with E-state index in [1.54, 1.807) is 0 Å². The van der Waals surface area contributed by atoms with Gasteiger partial charge in [0.25, 0.3) is 0 Å². The van der Waals surface area contributed by atoms with Crippen LogP contribution in [0, 0.1) is 0 Å². The summed E-state index contributed by atoms with van der Waals surface area (Å²) in [4.78, 5) is 1.45. The standard InChI is InChI=1S/C14H20ClNS/c1-10(16-3)14(2,9-15)12-4-5-13-11(8-12)6-7-17-13/h4-5,8,10,16H,6-7,9H2,1-3H3. The molecule has 17 heavy (non-hydrogen) atoms. The summed E-state index contributed by atoms with van der Waals surface area (Å²) in [5.74, 6) is 1.86. The number of benzene rings is 1. The van der Waals surface area contributed by atoms with Gasteiger partial charge in [0, 0.05) is 28.0 Å². The maximum Gasteiger partial charge on any atom is 0.0332 e. The minimum absolute atomic E-state index is 0.00140. The average molecular weight is 270 g/mol. The van der Waals surface area contributed by atoms with E-state index in [1.165, 1.54) is 28.2 Å². The first-order chi connectivity index (χ1) is 8.11. The Labute approximate surface area is 113 Å². The van der Waals surface area contributed by atoms with Crippen LogP contribution in [-0.2, 0) is 11.8 Å². The van der Waals surface area contributed by atoms with Crippen LogP contribution in [0.4, 0.5) is 0 Å². The molecule has 2 unspecified atom stereocenters. The summed E-state index contributed by atoms with van der Waals surface area (Å²) in [7, 11) is 2.00. The molecule has 0 spiro atoms. The van der Waals surface area contributed by atoms with Crippen molar-refractivity contribution >= 4 is 23.4 Å². The van der Waals surface area contributed by atoms with Crippen LogP contribution in [0.25, 0.3) is 0 Å². The van der Waals surface area contributed by atoms with E-state index in [-0.39, 0.29) is 5.41 Å². The zero-order chi connectivity index (χ0) is 12.5. The summed E-state index contributed by atoms with van der Waals surface area (Å²) >= 11 is 8.18. The Morgan fingerprint density at radius 3 is 2.94 bits per heavy atom. The minimum Gasteiger partial charge on any atom is -0.316 e. The summed E-state index contributed by atoms with van der Waals surface area (Å²) in [5, 5.41) is 3.33. The number of rotatable bonds is 4. The summed E-state index contributed by atoms with van der Waals surface area (Å²) in [6.45, 7) is 4.44. The van der Waals surface area contributed by atoms with Crippen molar-refractivity contribution in [2.45, 2.75) is 36.6 Å². The zero-order valence-corrected chi connectivity index (χ0v) is 12.3. The zero-order valence-electron chi connectivity index (χ0n) is 10.7. The topological polar surface area (TPSA) is 12.0 Å². The molecule has 0 saturated carbocycles. The monoisotopic (exact) mass is 269 g/mol. The van der Waals surface area contributed by atoms with Gasteiger partial charge in [0.2, 0.25) is 0 Å². The van der Waals surface area contributed by atoms with Crippen molar-refractivity contribution in [1.82, 2.24) is 5.32 Å². The second kappa shape index (κ2) is 5.21. The van der Waals surface area contributed by atoms with Crippen molar-refractivity contribution < 1.29 is 0 Å². The van der Waals surface area contributed by atoms with Crippen LogP contribution >= 0.6 is 23.4 Å². The number of fused-ring (bicyclic) bond motifs is 1. The molecule has 1 aromatic rings. The fourth-order valence-electron chi connectivity index (χ4n) is 2.30. The Bertz CT molecular complexity index is 407. The van der Waals surface area contributed by atoms with Crippen molar-refractivity contribution in [3.05, 3.63) is 29.3 Å². The lowest BCUT2D eigenvalue weighted by molar-refractivity contribution is 0.387. The predicted octanol–water partition coefficient (Wildman–Crippen LogP) is 3.44. The van der Waals surface area contributed by atoms with E-state index >= 15 is 0 Å². The number of alkyl halides is 1. The first-order valence-corrected chi connectivity index (χ1v) is 7.63. The number of nitrogens with one attached hydrogen (secondary N) is 1. The number of likely N-dealkylation sites (N-methyl/N-ethyl adjacent to an activating group) is 1. The van der Waals surface area contributed by atoms with Crippen molar-refractivity contribution in [2.24, 2.45) is 0 Å². The summed E-state index contributed by atoms with van der Waals surface area (Å²) in [6, 6.07) is 7.22. The molecule has 1 aliphatic rings. The molecular formula is C14H20ClNS. The molecule has 1 heterocycles. The quantitative estimate of drug-likeness (QED) is 0.841. The molecule has 2 atom stereocenters. The molecule has 0 saturated heterocycles. The largest absolute Gasteiger partial charge is 0.316 e. The molecule has 0 bridgehead atoms. The third-order valence-electron chi connectivity index (χ3n) is 4.02. The maximum atomic E-state index is 6.22. The molecule has 1 aromatic carbocycles. The first kappa shape index (κ1) is 13.3. The lowest BCUT2D eigenvalue weighted by atomic mass is 9.77. The molecule has 0 aromatic heterocycles. The Hall–Kier alpha value is -0.180. The van der Waals surface area contributed by atoms with Gasteiger partial charge in [0.05, 0.1) is 0 Å². The minimum atomic E-state index is -0.00140. The van der Waals surface area contributed by atoms with E-state index < -0.39 is 0 Å². The fraction of sp³-hybridized carbons (Fsp3) is 0.571. The molecule has 0 radical (unpaired) electrons. The van der Waals surface area contributed by atoms with Crippen LogP contribution in [-0.4, -0.2) is 24.7 Å². The van der Waals surface area contributed by atoms with Crippen molar-refractivity contribution in [1.29, 1.82) is 0 Å². The summed E-state index contributed by atoms with van der Waals surface area (Å²) in [5.41, 5.74) is 2.85. The maximum absolute atomic E-state index is 6.22. The van der Waals surface area contributed by atoms with Crippen LogP contribution in [0.2, 0.25) is 0 Å². The number of aryl methyl sites for hydroxylation is 1. The molecule has 0 fully saturated rings. The van der Waals surface area contributed by atoms with Crippen LogP contribution in [0.3, 0.4) is 0 Å². The third kappa shape index (κ3) is 2.35. The van der Waals surface area contributed by atoms with Gasteiger partial charge in [-0.05, 0) is 37.6 Å². The molecule has 3 heteroatoms. The highest BCUT2D eigenvalue weighted by molar-refractivity contribution is 7.99. The van der Waals surface area contributed by atoms with E-state index in [0.29, 0.717) is 11.9 Å². The highest BCUT2D eigenvalue weighted by Crippen LogP contribution is 2.36.